The van der Waals surface area contributed by atoms with Gasteiger partial charge in [-0.25, -0.2) is 0 Å². The molecule has 2 saturated carbocycles. The van der Waals surface area contributed by atoms with Crippen molar-refractivity contribution in [1.29, 1.82) is 0 Å². The van der Waals surface area contributed by atoms with E-state index < -0.39 is 0 Å². The first-order valence-electron chi connectivity index (χ1n) is 3.49. The van der Waals surface area contributed by atoms with Crippen LogP contribution in [-0.4, -0.2) is 5.33 Å². The molecule has 1 unspecified atom stereocenters. The lowest BCUT2D eigenvalue weighted by molar-refractivity contribution is 0.636. The topological polar surface area (TPSA) is 0 Å². The maximum Gasteiger partial charge on any atom is 0.00651 e. The lowest BCUT2D eigenvalue weighted by Crippen LogP contribution is -1.86. The van der Waals surface area contributed by atoms with Crippen LogP contribution in [-0.2, 0) is 0 Å². The standard InChI is InChI=1S/C7H11Br/c8-4-7-5-2-1-3-6(5)7/h5-7H,1-4H2/t5-,6+,7?. The summed E-state index contributed by atoms with van der Waals surface area (Å²) in [4.78, 5) is 0. The number of halogens is 1. The molecule has 0 radical (unpaired) electrons. The second-order valence-corrected chi connectivity index (χ2v) is 3.72. The van der Waals surface area contributed by atoms with Crippen molar-refractivity contribution in [2.24, 2.45) is 17.8 Å². The van der Waals surface area contributed by atoms with Crippen LogP contribution in [0.2, 0.25) is 0 Å². The summed E-state index contributed by atoms with van der Waals surface area (Å²) in [6.07, 6.45) is 4.57. The summed E-state index contributed by atoms with van der Waals surface area (Å²) >= 11 is 3.53. The van der Waals surface area contributed by atoms with Crippen LogP contribution < -0.4 is 0 Å². The first kappa shape index (κ1) is 5.28. The highest BCUT2D eigenvalue weighted by atomic mass is 79.9. The summed E-state index contributed by atoms with van der Waals surface area (Å²) in [5.74, 6) is 3.38. The molecule has 2 aliphatic rings. The van der Waals surface area contributed by atoms with E-state index in [-0.39, 0.29) is 0 Å². The van der Waals surface area contributed by atoms with Gasteiger partial charge in [0.2, 0.25) is 0 Å². The van der Waals surface area contributed by atoms with E-state index in [2.05, 4.69) is 15.9 Å². The van der Waals surface area contributed by atoms with E-state index in [0.29, 0.717) is 0 Å². The highest BCUT2D eigenvalue weighted by Gasteiger charge is 2.51. The summed E-state index contributed by atoms with van der Waals surface area (Å²) in [5, 5.41) is 1.27. The molecule has 46 valence electrons. The quantitative estimate of drug-likeness (QED) is 0.537. The van der Waals surface area contributed by atoms with E-state index >= 15 is 0 Å². The number of hydrogen-bond donors (Lipinski definition) is 0. The zero-order valence-corrected chi connectivity index (χ0v) is 6.52. The van der Waals surface area contributed by atoms with Gasteiger partial charge in [0, 0.05) is 5.33 Å². The molecule has 0 N–H and O–H groups in total. The van der Waals surface area contributed by atoms with Crippen LogP contribution >= 0.6 is 15.9 Å². The molecule has 2 fully saturated rings. The lowest BCUT2D eigenvalue weighted by atomic mass is 10.2. The first-order valence-corrected chi connectivity index (χ1v) is 4.61. The predicted octanol–water partition coefficient (Wildman–Crippen LogP) is 2.43. The fourth-order valence-corrected chi connectivity index (χ4v) is 3.16. The molecule has 3 atom stereocenters. The van der Waals surface area contributed by atoms with Crippen molar-refractivity contribution in [2.45, 2.75) is 19.3 Å². The average molecular weight is 175 g/mol. The second kappa shape index (κ2) is 1.73. The van der Waals surface area contributed by atoms with Gasteiger partial charge in [-0.2, -0.15) is 0 Å². The molecule has 0 aliphatic heterocycles. The molecule has 0 saturated heterocycles. The van der Waals surface area contributed by atoms with Gasteiger partial charge in [0.05, 0.1) is 0 Å². The molecular formula is C7H11Br. The molecule has 0 aromatic rings. The minimum Gasteiger partial charge on any atom is -0.0925 e. The molecule has 8 heavy (non-hydrogen) atoms. The second-order valence-electron chi connectivity index (χ2n) is 3.08. The van der Waals surface area contributed by atoms with Gasteiger partial charge in [0.15, 0.2) is 0 Å². The Morgan fingerprint density at radius 3 is 2.25 bits per heavy atom. The van der Waals surface area contributed by atoms with Crippen molar-refractivity contribution in [1.82, 2.24) is 0 Å². The third kappa shape index (κ3) is 0.570. The highest BCUT2D eigenvalue weighted by Crippen LogP contribution is 2.57. The van der Waals surface area contributed by atoms with E-state index in [4.69, 9.17) is 0 Å². The molecule has 0 amide bonds. The third-order valence-electron chi connectivity index (χ3n) is 2.76. The minimum absolute atomic E-state index is 1.09. The highest BCUT2D eigenvalue weighted by molar-refractivity contribution is 9.09. The predicted molar refractivity (Wildman–Crippen MR) is 38.1 cm³/mol. The Morgan fingerprint density at radius 1 is 1.25 bits per heavy atom. The van der Waals surface area contributed by atoms with E-state index in [1.807, 2.05) is 0 Å². The van der Waals surface area contributed by atoms with Crippen LogP contribution in [0.15, 0.2) is 0 Å². The maximum atomic E-state index is 3.53. The number of alkyl halides is 1. The van der Waals surface area contributed by atoms with Crippen LogP contribution in [0.4, 0.5) is 0 Å². The molecule has 0 spiro atoms. The van der Waals surface area contributed by atoms with Crippen molar-refractivity contribution in [3.63, 3.8) is 0 Å². The largest absolute Gasteiger partial charge is 0.0925 e. The lowest BCUT2D eigenvalue weighted by Gasteiger charge is -1.93. The van der Waals surface area contributed by atoms with E-state index in [0.717, 1.165) is 17.8 Å². The Kier molecular flexibility index (Phi) is 1.14. The first-order chi connectivity index (χ1) is 3.93. The Morgan fingerprint density at radius 2 is 1.88 bits per heavy atom. The minimum atomic E-state index is 1.09. The van der Waals surface area contributed by atoms with Crippen LogP contribution in [0.25, 0.3) is 0 Å². The van der Waals surface area contributed by atoms with Gasteiger partial charge in [0.25, 0.3) is 0 Å². The van der Waals surface area contributed by atoms with E-state index in [9.17, 15) is 0 Å². The zero-order chi connectivity index (χ0) is 5.56. The summed E-state index contributed by atoms with van der Waals surface area (Å²) in [6.45, 7) is 0. The summed E-state index contributed by atoms with van der Waals surface area (Å²) in [5.41, 5.74) is 0. The molecule has 0 aromatic carbocycles. The Labute approximate surface area is 58.8 Å². The molecule has 2 rings (SSSR count). The van der Waals surface area contributed by atoms with Gasteiger partial charge in [-0.1, -0.05) is 22.4 Å². The summed E-state index contributed by atoms with van der Waals surface area (Å²) in [7, 11) is 0. The van der Waals surface area contributed by atoms with Gasteiger partial charge >= 0.3 is 0 Å². The van der Waals surface area contributed by atoms with Crippen LogP contribution in [0.1, 0.15) is 19.3 Å². The van der Waals surface area contributed by atoms with Crippen molar-refractivity contribution in [3.8, 4) is 0 Å². The van der Waals surface area contributed by atoms with E-state index in [1.165, 1.54) is 24.6 Å². The van der Waals surface area contributed by atoms with Gasteiger partial charge < -0.3 is 0 Å². The fourth-order valence-electron chi connectivity index (χ4n) is 2.20. The van der Waals surface area contributed by atoms with Crippen molar-refractivity contribution >= 4 is 15.9 Å². The maximum absolute atomic E-state index is 3.53. The van der Waals surface area contributed by atoms with Crippen LogP contribution in [0.3, 0.4) is 0 Å². The number of fused-ring (bicyclic) bond motifs is 1. The van der Waals surface area contributed by atoms with Crippen LogP contribution in [0, 0.1) is 17.8 Å². The molecular weight excluding hydrogens is 164 g/mol. The third-order valence-corrected chi connectivity index (χ3v) is 3.51. The Balaban J connectivity index is 1.94. The monoisotopic (exact) mass is 174 g/mol. The number of rotatable bonds is 1. The van der Waals surface area contributed by atoms with E-state index in [1.54, 1.807) is 0 Å². The van der Waals surface area contributed by atoms with Gasteiger partial charge in [-0.05, 0) is 30.6 Å². The summed E-state index contributed by atoms with van der Waals surface area (Å²) in [6, 6.07) is 0. The molecule has 0 heterocycles. The van der Waals surface area contributed by atoms with Crippen molar-refractivity contribution in [2.75, 3.05) is 5.33 Å². The van der Waals surface area contributed by atoms with Gasteiger partial charge in [0.1, 0.15) is 0 Å². The zero-order valence-electron chi connectivity index (χ0n) is 4.94. The van der Waals surface area contributed by atoms with Gasteiger partial charge in [-0.3, -0.25) is 0 Å². The van der Waals surface area contributed by atoms with Gasteiger partial charge in [-0.15, -0.1) is 0 Å². The molecule has 0 nitrogen and oxygen atoms in total. The Bertz CT molecular complexity index is 83.8. The molecule has 0 aromatic heterocycles. The molecule has 0 bridgehead atoms. The smallest absolute Gasteiger partial charge is 0.00651 e. The average Bonchev–Trinajstić information content (AvgIpc) is 2.22. The fraction of sp³-hybridized carbons (Fsp3) is 1.00. The molecule has 2 aliphatic carbocycles. The molecule has 1 heteroatoms. The van der Waals surface area contributed by atoms with Crippen molar-refractivity contribution in [3.05, 3.63) is 0 Å². The number of hydrogen-bond acceptors (Lipinski definition) is 0. The van der Waals surface area contributed by atoms with Crippen LogP contribution in [0.5, 0.6) is 0 Å². The Hall–Kier alpha value is 0.480. The summed E-state index contributed by atoms with van der Waals surface area (Å²) < 4.78 is 0. The normalized spacial score (nSPS) is 51.4. The van der Waals surface area contributed by atoms with Crippen molar-refractivity contribution < 1.29 is 0 Å². The SMILES string of the molecule is BrCC1[C@H]2CCC[C@@H]12.